The lowest BCUT2D eigenvalue weighted by Crippen LogP contribution is -2.15. The molecule has 2 aliphatic rings. The van der Waals surface area contributed by atoms with Crippen LogP contribution in [0.2, 0.25) is 0 Å². The van der Waals surface area contributed by atoms with Gasteiger partial charge in [-0.25, -0.2) is 29.9 Å². The third-order valence-corrected chi connectivity index (χ3v) is 24.6. The molecule has 0 spiro atoms. The fourth-order valence-corrected chi connectivity index (χ4v) is 19.4. The second-order valence-electron chi connectivity index (χ2n) is 31.8. The van der Waals surface area contributed by atoms with Crippen molar-refractivity contribution in [1.82, 2.24) is 48.6 Å². The van der Waals surface area contributed by atoms with E-state index < -0.39 is 0 Å². The zero-order valence-corrected chi connectivity index (χ0v) is 67.3. The van der Waals surface area contributed by atoms with E-state index in [1.54, 1.807) is 0 Å². The first-order valence-corrected chi connectivity index (χ1v) is 41.2. The number of H-pyrrole nitrogens is 1. The first-order valence-electron chi connectivity index (χ1n) is 40.5. The summed E-state index contributed by atoms with van der Waals surface area (Å²) in [5.41, 5.74) is 29.3. The Labute approximate surface area is 695 Å². The molecule has 0 saturated carbocycles. The molecule has 11 heteroatoms. The SMILES string of the molecule is Brc1cccc(-c2nc(-c3ccccc3)nc(-c3ccccc3)n2)c1.CC1(C)c2ccccc2-c2c1c1c3ccccc3[nH]c1c1c3ccccc3n(-c3ccccc3)c21.CC1(C)c2ccccc2-c2c1c1c3ccccc3n(-c3cccc(-c4nc(-c5ccccc5)nc(-c5ccccc5)n4)c3)c1c1c3ccccc3n(-c3ccccc3)c21. The molecule has 564 valence electrons. The van der Waals surface area contributed by atoms with Gasteiger partial charge in [0, 0.05) is 125 Å². The van der Waals surface area contributed by atoms with Gasteiger partial charge in [-0.3, -0.25) is 0 Å². The molecule has 0 saturated heterocycles. The van der Waals surface area contributed by atoms with Crippen LogP contribution in [-0.2, 0) is 10.8 Å². The predicted octanol–water partition coefficient (Wildman–Crippen LogP) is 27.7. The summed E-state index contributed by atoms with van der Waals surface area (Å²) in [5.74, 6) is 3.92. The lowest BCUT2D eigenvalue weighted by atomic mass is 9.80. The maximum atomic E-state index is 5.13. The van der Waals surface area contributed by atoms with Gasteiger partial charge < -0.3 is 18.7 Å². The van der Waals surface area contributed by atoms with Crippen LogP contribution in [0.25, 0.3) is 195 Å². The largest absolute Gasteiger partial charge is 0.354 e. The standard InChI is InChI=1S/C54H37N5.C33H24N2.C21H14BrN3/c1-54(2)42-30-15-12-27-39(42)45-48(54)46-40-28-13-16-31-43(40)59(50(46)47-41-29-14-17-32-44(41)58(49(45)47)37-24-10-5-11-25-37)38-26-18-23-36(33-38)53-56-51(34-19-6-3-7-20-34)55-52(57-53)35-21-8-4-9-22-35;1-33(2)24-17-9-6-14-21(24)28-30(33)27-22-15-7-10-18-25(22)34-31(27)29-23-16-8-11-19-26(23)35(32(28)29)20-12-4-3-5-13-20;22-18-13-7-12-17(14-18)21-24-19(15-8-3-1-4-9-15)23-20(25-21)16-10-5-2-6-11-16/h3-33H,1-2H3;3-19,34H,1-2H3;1-14H. The molecule has 6 heterocycles. The molecule has 0 amide bonds. The highest BCUT2D eigenvalue weighted by molar-refractivity contribution is 9.10. The predicted molar refractivity (Wildman–Crippen MR) is 494 cm³/mol. The van der Waals surface area contributed by atoms with Crippen molar-refractivity contribution in [2.75, 3.05) is 0 Å². The van der Waals surface area contributed by atoms with Crippen LogP contribution in [0.1, 0.15) is 49.9 Å². The number of benzene rings is 16. The van der Waals surface area contributed by atoms with Crippen LogP contribution in [0.15, 0.2) is 381 Å². The van der Waals surface area contributed by atoms with Crippen LogP contribution < -0.4 is 0 Å². The quantitative estimate of drug-likeness (QED) is 0.154. The van der Waals surface area contributed by atoms with E-state index in [1.165, 1.54) is 132 Å². The van der Waals surface area contributed by atoms with Gasteiger partial charge in [0.05, 0.1) is 38.6 Å². The van der Waals surface area contributed by atoms with Crippen molar-refractivity contribution in [3.8, 4) is 108 Å². The van der Waals surface area contributed by atoms with Gasteiger partial charge in [-0.05, 0) is 106 Å². The third kappa shape index (κ3) is 11.5. The molecular formula is C108H75BrN10. The summed E-state index contributed by atoms with van der Waals surface area (Å²) in [7, 11) is 0. The van der Waals surface area contributed by atoms with E-state index in [0.717, 1.165) is 54.7 Å². The van der Waals surface area contributed by atoms with Gasteiger partial charge in [0.15, 0.2) is 34.9 Å². The molecule has 22 aromatic rings. The molecule has 0 radical (unpaired) electrons. The Morgan fingerprint density at radius 3 is 1.03 bits per heavy atom. The Hall–Kier alpha value is -14.8. The van der Waals surface area contributed by atoms with Crippen molar-refractivity contribution in [1.29, 1.82) is 0 Å². The minimum Gasteiger partial charge on any atom is -0.354 e. The highest BCUT2D eigenvalue weighted by Crippen LogP contribution is 2.60. The first-order chi connectivity index (χ1) is 58.5. The Kier molecular flexibility index (Phi) is 16.8. The van der Waals surface area contributed by atoms with Crippen LogP contribution in [0.4, 0.5) is 0 Å². The molecule has 10 nitrogen and oxygen atoms in total. The number of hydrogen-bond acceptors (Lipinski definition) is 6. The number of para-hydroxylation sites is 6. The summed E-state index contributed by atoms with van der Waals surface area (Å²) in [6.07, 6.45) is 0. The molecule has 0 fully saturated rings. The Bertz CT molecular complexity index is 7660. The third-order valence-electron chi connectivity index (χ3n) is 24.2. The van der Waals surface area contributed by atoms with E-state index >= 15 is 0 Å². The number of aromatic nitrogens is 10. The van der Waals surface area contributed by atoms with Crippen LogP contribution in [0, 0.1) is 0 Å². The summed E-state index contributed by atoms with van der Waals surface area (Å²) in [6.45, 7) is 9.58. The molecule has 0 aliphatic heterocycles. The summed E-state index contributed by atoms with van der Waals surface area (Å²) in [6, 6.07) is 132. The van der Waals surface area contributed by atoms with Gasteiger partial charge in [0.2, 0.25) is 0 Å². The smallest absolute Gasteiger partial charge is 0.164 e. The lowest BCUT2D eigenvalue weighted by Gasteiger charge is -2.23. The Balaban J connectivity index is 0.000000120. The lowest BCUT2D eigenvalue weighted by molar-refractivity contribution is 0.666. The normalized spacial score (nSPS) is 12.9. The maximum Gasteiger partial charge on any atom is 0.164 e. The number of aromatic amines is 1. The van der Waals surface area contributed by atoms with Gasteiger partial charge in [0.1, 0.15) is 0 Å². The van der Waals surface area contributed by atoms with Crippen molar-refractivity contribution >= 4 is 103 Å². The second kappa shape index (κ2) is 28.3. The topological polar surface area (TPSA) is 108 Å². The Morgan fingerprint density at radius 1 is 0.261 bits per heavy atom. The number of nitrogens with one attached hydrogen (secondary N) is 1. The minimum atomic E-state index is -0.264. The first kappa shape index (κ1) is 70.8. The van der Waals surface area contributed by atoms with Crippen molar-refractivity contribution in [3.63, 3.8) is 0 Å². The molecule has 119 heavy (non-hydrogen) atoms. The van der Waals surface area contributed by atoms with Crippen molar-refractivity contribution in [3.05, 3.63) is 403 Å². The summed E-state index contributed by atoms with van der Waals surface area (Å²) in [5, 5.41) is 10.3. The number of rotatable bonds is 9. The van der Waals surface area contributed by atoms with Gasteiger partial charge in [-0.1, -0.05) is 347 Å². The van der Waals surface area contributed by atoms with E-state index in [9.17, 15) is 0 Å². The molecule has 24 rings (SSSR count). The highest BCUT2D eigenvalue weighted by atomic mass is 79.9. The van der Waals surface area contributed by atoms with E-state index in [4.69, 9.17) is 24.9 Å². The number of hydrogen-bond donors (Lipinski definition) is 1. The molecule has 6 aromatic heterocycles. The minimum absolute atomic E-state index is 0.110. The zero-order valence-electron chi connectivity index (χ0n) is 65.7. The van der Waals surface area contributed by atoms with Gasteiger partial charge in [-0.2, -0.15) is 0 Å². The molecule has 16 aromatic carbocycles. The molecule has 2 aliphatic carbocycles. The van der Waals surface area contributed by atoms with Crippen molar-refractivity contribution < 1.29 is 0 Å². The van der Waals surface area contributed by atoms with Crippen LogP contribution in [0.5, 0.6) is 0 Å². The number of nitrogens with zero attached hydrogens (tertiary/aromatic N) is 9. The van der Waals surface area contributed by atoms with Gasteiger partial charge in [-0.15, -0.1) is 0 Å². The summed E-state index contributed by atoms with van der Waals surface area (Å²) in [4.78, 5) is 33.2. The molecule has 0 unspecified atom stereocenters. The average Bonchev–Trinajstić information content (AvgIpc) is 1.51. The Morgan fingerprint density at radius 2 is 0.580 bits per heavy atom. The molecule has 0 bridgehead atoms. The van der Waals surface area contributed by atoms with Crippen LogP contribution >= 0.6 is 15.9 Å². The molecule has 1 N–H and O–H groups in total. The summed E-state index contributed by atoms with van der Waals surface area (Å²) >= 11 is 3.52. The monoisotopic (exact) mass is 1590 g/mol. The fraction of sp³-hybridized carbons (Fsp3) is 0.0556. The number of fused-ring (bicyclic) bond motifs is 24. The highest BCUT2D eigenvalue weighted by Gasteiger charge is 2.43. The van der Waals surface area contributed by atoms with Crippen molar-refractivity contribution in [2.24, 2.45) is 0 Å². The molecule has 0 atom stereocenters. The summed E-state index contributed by atoms with van der Waals surface area (Å²) < 4.78 is 8.47. The van der Waals surface area contributed by atoms with E-state index in [0.29, 0.717) is 34.9 Å². The van der Waals surface area contributed by atoms with Crippen LogP contribution in [-0.4, -0.2) is 48.6 Å². The maximum absolute atomic E-state index is 5.13. The second-order valence-corrected chi connectivity index (χ2v) is 32.7. The van der Waals surface area contributed by atoms with E-state index in [1.807, 2.05) is 121 Å². The van der Waals surface area contributed by atoms with Crippen molar-refractivity contribution in [2.45, 2.75) is 38.5 Å². The van der Waals surface area contributed by atoms with E-state index in [-0.39, 0.29) is 10.8 Å². The fourth-order valence-electron chi connectivity index (χ4n) is 19.0. The number of halogens is 1. The molecular weight excluding hydrogens is 1520 g/mol. The van der Waals surface area contributed by atoms with Crippen LogP contribution in [0.3, 0.4) is 0 Å². The van der Waals surface area contributed by atoms with Gasteiger partial charge >= 0.3 is 0 Å². The van der Waals surface area contributed by atoms with Gasteiger partial charge in [0.25, 0.3) is 0 Å². The zero-order chi connectivity index (χ0) is 79.6. The average molecular weight is 1590 g/mol. The van der Waals surface area contributed by atoms with E-state index in [2.05, 4.69) is 322 Å².